The number of carbonyl (C=O) groups is 1. The van der Waals surface area contributed by atoms with Crippen LogP contribution in [0.3, 0.4) is 0 Å². The number of amides is 1. The molecule has 0 radical (unpaired) electrons. The van der Waals surface area contributed by atoms with Crippen LogP contribution in [-0.2, 0) is 21.4 Å². The second kappa shape index (κ2) is 7.65. The Morgan fingerprint density at radius 3 is 2.56 bits per heavy atom. The van der Waals surface area contributed by atoms with Gasteiger partial charge >= 0.3 is 0 Å². The lowest BCUT2D eigenvalue weighted by atomic mass is 10.2. The Morgan fingerprint density at radius 2 is 2.00 bits per heavy atom. The summed E-state index contributed by atoms with van der Waals surface area (Å²) in [6, 6.07) is 1.49. The van der Waals surface area contributed by atoms with Crippen molar-refractivity contribution >= 4 is 21.7 Å². The van der Waals surface area contributed by atoms with Crippen molar-refractivity contribution < 1.29 is 13.2 Å². The molecule has 1 aromatic heterocycles. The molecule has 8 nitrogen and oxygen atoms in total. The fourth-order valence-electron chi connectivity index (χ4n) is 2.81. The smallest absolute Gasteiger partial charge is 0.219 e. The monoisotopic (exact) mass is 369 g/mol. The van der Waals surface area contributed by atoms with Crippen LogP contribution in [0.15, 0.2) is 6.07 Å². The minimum absolute atomic E-state index is 0.0531. The van der Waals surface area contributed by atoms with Gasteiger partial charge in [0.15, 0.2) is 0 Å². The molecule has 0 saturated carbocycles. The van der Waals surface area contributed by atoms with E-state index in [9.17, 15) is 13.2 Å². The van der Waals surface area contributed by atoms with E-state index >= 15 is 0 Å². The highest BCUT2D eigenvalue weighted by atomic mass is 32.2. The van der Waals surface area contributed by atoms with Gasteiger partial charge in [-0.15, -0.1) is 0 Å². The van der Waals surface area contributed by atoms with Crippen molar-refractivity contribution in [1.29, 1.82) is 0 Å². The van der Waals surface area contributed by atoms with Gasteiger partial charge in [0.25, 0.3) is 0 Å². The van der Waals surface area contributed by atoms with Crippen molar-refractivity contribution in [2.24, 2.45) is 0 Å². The van der Waals surface area contributed by atoms with Gasteiger partial charge in [0, 0.05) is 40.7 Å². The average Bonchev–Trinajstić information content (AvgIpc) is 3.04. The van der Waals surface area contributed by atoms with Gasteiger partial charge in [0.2, 0.25) is 15.9 Å². The van der Waals surface area contributed by atoms with Crippen molar-refractivity contribution in [3.8, 4) is 0 Å². The van der Waals surface area contributed by atoms with E-state index in [-0.39, 0.29) is 17.7 Å². The Bertz CT molecular complexity index is 735. The average molecular weight is 369 g/mol. The number of anilines is 1. The van der Waals surface area contributed by atoms with Gasteiger partial charge in [0.1, 0.15) is 11.6 Å². The number of hydrogen-bond donors (Lipinski definition) is 0. The molecule has 1 atom stereocenters. The third kappa shape index (κ3) is 4.46. The van der Waals surface area contributed by atoms with Crippen LogP contribution in [0.2, 0.25) is 0 Å². The largest absolute Gasteiger partial charge is 0.363 e. The summed E-state index contributed by atoms with van der Waals surface area (Å²) in [5.41, 5.74) is 0.701. The number of hydrogen-bond acceptors (Lipinski definition) is 6. The van der Waals surface area contributed by atoms with Crippen molar-refractivity contribution in [1.82, 2.24) is 19.2 Å². The molecule has 140 valence electrons. The summed E-state index contributed by atoms with van der Waals surface area (Å²) in [5.74, 6) is 1.23. The molecule has 1 amide bonds. The molecular formula is C16H27N5O3S. The lowest BCUT2D eigenvalue weighted by Crippen LogP contribution is -2.33. The third-order valence-electron chi connectivity index (χ3n) is 4.40. The van der Waals surface area contributed by atoms with Gasteiger partial charge in [0.05, 0.1) is 24.0 Å². The van der Waals surface area contributed by atoms with E-state index in [1.165, 1.54) is 11.2 Å². The van der Waals surface area contributed by atoms with Crippen LogP contribution in [0, 0.1) is 0 Å². The first-order valence-corrected chi connectivity index (χ1v) is 10.0. The van der Waals surface area contributed by atoms with E-state index in [0.29, 0.717) is 36.8 Å². The summed E-state index contributed by atoms with van der Waals surface area (Å²) in [4.78, 5) is 24.1. The van der Waals surface area contributed by atoms with Crippen LogP contribution in [0.4, 0.5) is 5.82 Å². The Labute approximate surface area is 149 Å². The first-order valence-electron chi connectivity index (χ1n) is 8.42. The third-order valence-corrected chi connectivity index (χ3v) is 6.28. The van der Waals surface area contributed by atoms with E-state index in [1.807, 2.05) is 25.1 Å². The maximum Gasteiger partial charge on any atom is 0.219 e. The number of carbonyl (C=O) groups excluding carboxylic acids is 1. The zero-order chi connectivity index (χ0) is 18.8. The van der Waals surface area contributed by atoms with Crippen LogP contribution >= 0.6 is 0 Å². The maximum absolute atomic E-state index is 12.4. The first kappa shape index (κ1) is 19.6. The second-order valence-electron chi connectivity index (χ2n) is 6.51. The second-order valence-corrected chi connectivity index (χ2v) is 8.72. The summed E-state index contributed by atoms with van der Waals surface area (Å²) >= 11 is 0. The zero-order valence-electron chi connectivity index (χ0n) is 15.6. The lowest BCUT2D eigenvalue weighted by molar-refractivity contribution is -0.128. The minimum atomic E-state index is -3.30. The molecule has 9 heteroatoms. The minimum Gasteiger partial charge on any atom is -0.363 e. The molecule has 1 saturated heterocycles. The van der Waals surface area contributed by atoms with Crippen LogP contribution in [0.25, 0.3) is 0 Å². The molecule has 0 bridgehead atoms. The van der Waals surface area contributed by atoms with Crippen molar-refractivity contribution in [3.63, 3.8) is 0 Å². The number of nitrogens with zero attached hydrogens (tertiary/aromatic N) is 5. The van der Waals surface area contributed by atoms with Crippen molar-refractivity contribution in [3.05, 3.63) is 17.6 Å². The molecule has 0 unspecified atom stereocenters. The number of rotatable bonds is 6. The fraction of sp³-hybridized carbons (Fsp3) is 0.688. The van der Waals surface area contributed by atoms with E-state index in [1.54, 1.807) is 18.9 Å². The van der Waals surface area contributed by atoms with E-state index < -0.39 is 10.0 Å². The van der Waals surface area contributed by atoms with Gasteiger partial charge in [-0.3, -0.25) is 4.79 Å². The molecular weight excluding hydrogens is 342 g/mol. The standard InChI is InChI=1S/C16H27N5O3S/c1-6-25(23,24)21-9-7-8-14(21)16-17-13(11-20(5)12(2)22)10-15(18-16)19(3)4/h10,14H,6-9,11H2,1-5H3/t14-/m1/s1. The summed E-state index contributed by atoms with van der Waals surface area (Å²) in [6.07, 6.45) is 1.50. The molecule has 1 fully saturated rings. The van der Waals surface area contributed by atoms with E-state index in [0.717, 1.165) is 6.42 Å². The molecule has 25 heavy (non-hydrogen) atoms. The quantitative estimate of drug-likeness (QED) is 0.744. The molecule has 1 aliphatic heterocycles. The Balaban J connectivity index is 2.42. The van der Waals surface area contributed by atoms with Gasteiger partial charge in [-0.1, -0.05) is 0 Å². The highest BCUT2D eigenvalue weighted by Gasteiger charge is 2.36. The van der Waals surface area contributed by atoms with Gasteiger partial charge < -0.3 is 9.80 Å². The van der Waals surface area contributed by atoms with Crippen LogP contribution in [0.1, 0.15) is 44.2 Å². The Morgan fingerprint density at radius 1 is 1.32 bits per heavy atom. The molecule has 0 spiro atoms. The molecule has 2 heterocycles. The number of aromatic nitrogens is 2. The van der Waals surface area contributed by atoms with Crippen molar-refractivity contribution in [2.45, 2.75) is 39.3 Å². The van der Waals surface area contributed by atoms with Gasteiger partial charge in [-0.05, 0) is 19.8 Å². The Kier molecular flexibility index (Phi) is 5.99. The van der Waals surface area contributed by atoms with Gasteiger partial charge in [-0.25, -0.2) is 18.4 Å². The summed E-state index contributed by atoms with van der Waals surface area (Å²) < 4.78 is 26.2. The van der Waals surface area contributed by atoms with Gasteiger partial charge in [-0.2, -0.15) is 4.31 Å². The fourth-order valence-corrected chi connectivity index (χ4v) is 4.14. The molecule has 1 aromatic rings. The molecule has 1 aliphatic rings. The summed E-state index contributed by atoms with van der Waals surface area (Å²) in [5, 5.41) is 0. The molecule has 2 rings (SSSR count). The number of sulfonamides is 1. The topological polar surface area (TPSA) is 86.7 Å². The van der Waals surface area contributed by atoms with E-state index in [4.69, 9.17) is 0 Å². The van der Waals surface area contributed by atoms with Crippen LogP contribution in [-0.4, -0.2) is 66.9 Å². The SMILES string of the molecule is CCS(=O)(=O)N1CCC[C@@H]1c1nc(CN(C)C(C)=O)cc(N(C)C)n1. The summed E-state index contributed by atoms with van der Waals surface area (Å²) in [6.45, 7) is 4.01. The first-order chi connectivity index (χ1) is 11.7. The normalized spacial score (nSPS) is 18.4. The van der Waals surface area contributed by atoms with Crippen molar-refractivity contribution in [2.75, 3.05) is 38.3 Å². The molecule has 0 aliphatic carbocycles. The Hall–Kier alpha value is -1.74. The highest BCUT2D eigenvalue weighted by Crippen LogP contribution is 2.33. The predicted octanol–water partition coefficient (Wildman–Crippen LogP) is 1.01. The van der Waals surface area contributed by atoms with Crippen LogP contribution in [0.5, 0.6) is 0 Å². The highest BCUT2D eigenvalue weighted by molar-refractivity contribution is 7.89. The van der Waals surface area contributed by atoms with E-state index in [2.05, 4.69) is 9.97 Å². The molecule has 0 N–H and O–H groups in total. The summed E-state index contributed by atoms with van der Waals surface area (Å²) in [7, 11) is 2.16. The maximum atomic E-state index is 12.4. The van der Waals surface area contributed by atoms with Crippen LogP contribution < -0.4 is 4.90 Å². The molecule has 0 aromatic carbocycles. The lowest BCUT2D eigenvalue weighted by Gasteiger charge is -2.24. The predicted molar refractivity (Wildman–Crippen MR) is 96.6 cm³/mol. The zero-order valence-corrected chi connectivity index (χ0v) is 16.4.